The average Bonchev–Trinajstić information content (AvgIpc) is 2.02. The molecule has 0 aliphatic rings. The number of halogens is 3. The predicted molar refractivity (Wildman–Crippen MR) is 51.6 cm³/mol. The van der Waals surface area contributed by atoms with Crippen LogP contribution in [0.5, 0.6) is 0 Å². The van der Waals surface area contributed by atoms with Crippen molar-refractivity contribution in [1.29, 1.82) is 0 Å². The molecule has 0 aliphatic heterocycles. The summed E-state index contributed by atoms with van der Waals surface area (Å²) in [6, 6.07) is 0. The summed E-state index contributed by atoms with van der Waals surface area (Å²) < 4.78 is 36.0. The number of alkyl halides is 3. The predicted octanol–water partition coefficient (Wildman–Crippen LogP) is 3.21. The number of aliphatic imine (C=N–C) groups is 2. The highest BCUT2D eigenvalue weighted by Crippen LogP contribution is 2.18. The molecule has 0 radical (unpaired) electrons. The van der Waals surface area contributed by atoms with Crippen molar-refractivity contribution < 1.29 is 13.2 Å². The first kappa shape index (κ1) is 12.9. The molecule has 0 amide bonds. The maximum Gasteiger partial charge on any atom is 0.429 e. The van der Waals surface area contributed by atoms with Gasteiger partial charge in [0.05, 0.1) is 5.70 Å². The molecule has 80 valence electrons. The van der Waals surface area contributed by atoms with E-state index in [1.807, 2.05) is 0 Å². The van der Waals surface area contributed by atoms with Crippen molar-refractivity contribution >= 4 is 12.4 Å². The van der Waals surface area contributed by atoms with Gasteiger partial charge >= 0.3 is 6.18 Å². The number of nitrogens with zero attached hydrogens (tertiary/aromatic N) is 2. The van der Waals surface area contributed by atoms with Crippen LogP contribution in [0.3, 0.4) is 0 Å². The molecule has 14 heavy (non-hydrogen) atoms. The van der Waals surface area contributed by atoms with Crippen LogP contribution in [0.2, 0.25) is 0 Å². The van der Waals surface area contributed by atoms with E-state index in [2.05, 4.69) is 16.7 Å². The van der Waals surface area contributed by atoms with Crippen LogP contribution in [-0.4, -0.2) is 18.6 Å². The van der Waals surface area contributed by atoms with Gasteiger partial charge in [0.1, 0.15) is 5.71 Å². The summed E-state index contributed by atoms with van der Waals surface area (Å²) in [5, 5.41) is 0. The first-order valence-electron chi connectivity index (χ1n) is 4.07. The van der Waals surface area contributed by atoms with Crippen molar-refractivity contribution in [3.8, 4) is 0 Å². The molecule has 0 N–H and O–H groups in total. The summed E-state index contributed by atoms with van der Waals surface area (Å²) in [4.78, 5) is 6.86. The van der Waals surface area contributed by atoms with E-state index >= 15 is 0 Å². The van der Waals surface area contributed by atoms with Gasteiger partial charge in [0.15, 0.2) is 0 Å². The quantitative estimate of drug-likeness (QED) is 0.633. The van der Waals surface area contributed by atoms with Crippen molar-refractivity contribution in [3.63, 3.8) is 0 Å². The second-order valence-corrected chi connectivity index (χ2v) is 3.08. The minimum absolute atomic E-state index is 0.0114. The Kier molecular flexibility index (Phi) is 4.53. The maximum absolute atomic E-state index is 12.0. The molecule has 0 bridgehead atoms. The normalized spacial score (nSPS) is 14.8. The molecule has 0 saturated carbocycles. The molecular weight excluding hydrogens is 193 g/mol. The van der Waals surface area contributed by atoms with Crippen LogP contribution >= 0.6 is 0 Å². The third-order valence-electron chi connectivity index (χ3n) is 1.57. The summed E-state index contributed by atoms with van der Waals surface area (Å²) in [6.45, 7) is 7.78. The van der Waals surface area contributed by atoms with Gasteiger partial charge in [-0.2, -0.15) is 13.2 Å². The lowest BCUT2D eigenvalue weighted by Crippen LogP contribution is -2.18. The SMILES string of the molecule is C=N/C(=C\N=C(/C)C(F)(F)F)C(C)C. The zero-order chi connectivity index (χ0) is 11.4. The molecule has 0 spiro atoms. The molecule has 0 unspecified atom stereocenters. The first-order chi connectivity index (χ1) is 6.29. The fraction of sp³-hybridized carbons (Fsp3) is 0.556. The molecule has 2 nitrogen and oxygen atoms in total. The largest absolute Gasteiger partial charge is 0.429 e. The number of hydrogen-bond donors (Lipinski definition) is 0. The first-order valence-corrected chi connectivity index (χ1v) is 4.07. The lowest BCUT2D eigenvalue weighted by atomic mass is 10.1. The molecule has 0 rings (SSSR count). The van der Waals surface area contributed by atoms with Crippen LogP contribution in [0.25, 0.3) is 0 Å². The smallest absolute Gasteiger partial charge is 0.267 e. The minimum Gasteiger partial charge on any atom is -0.267 e. The van der Waals surface area contributed by atoms with Gasteiger partial charge in [-0.05, 0) is 19.6 Å². The molecule has 0 aliphatic carbocycles. The third kappa shape index (κ3) is 4.20. The van der Waals surface area contributed by atoms with Gasteiger partial charge in [0.2, 0.25) is 0 Å². The van der Waals surface area contributed by atoms with Gasteiger partial charge in [-0.3, -0.25) is 9.98 Å². The summed E-state index contributed by atoms with van der Waals surface area (Å²) in [5.74, 6) is 0.0114. The van der Waals surface area contributed by atoms with Crippen LogP contribution in [0.15, 0.2) is 21.9 Å². The third-order valence-corrected chi connectivity index (χ3v) is 1.57. The standard InChI is InChI=1S/C9H13F3N2/c1-6(2)8(13-4)5-14-7(3)9(10,11)12/h5-6H,4H2,1-3H3/b8-5-,14-7+. The van der Waals surface area contributed by atoms with Gasteiger partial charge in [0.25, 0.3) is 0 Å². The van der Waals surface area contributed by atoms with Gasteiger partial charge in [0, 0.05) is 6.20 Å². The van der Waals surface area contributed by atoms with Crippen LogP contribution in [0, 0.1) is 5.92 Å². The molecule has 0 heterocycles. The van der Waals surface area contributed by atoms with Crippen molar-refractivity contribution in [2.75, 3.05) is 0 Å². The van der Waals surface area contributed by atoms with Crippen LogP contribution in [-0.2, 0) is 0 Å². The Hall–Kier alpha value is -1.13. The zero-order valence-corrected chi connectivity index (χ0v) is 8.39. The van der Waals surface area contributed by atoms with Gasteiger partial charge < -0.3 is 0 Å². The molecule has 0 aromatic carbocycles. The number of allylic oxidation sites excluding steroid dienone is 1. The van der Waals surface area contributed by atoms with E-state index in [0.717, 1.165) is 13.1 Å². The lowest BCUT2D eigenvalue weighted by molar-refractivity contribution is -0.0591. The molecule has 0 atom stereocenters. The Morgan fingerprint density at radius 2 is 1.86 bits per heavy atom. The highest BCUT2D eigenvalue weighted by molar-refractivity contribution is 5.87. The fourth-order valence-corrected chi connectivity index (χ4v) is 0.609. The summed E-state index contributed by atoms with van der Waals surface area (Å²) in [7, 11) is 0. The lowest BCUT2D eigenvalue weighted by Gasteiger charge is -2.05. The van der Waals surface area contributed by atoms with E-state index in [9.17, 15) is 13.2 Å². The second-order valence-electron chi connectivity index (χ2n) is 3.08. The Morgan fingerprint density at radius 3 is 2.14 bits per heavy atom. The van der Waals surface area contributed by atoms with Crippen molar-refractivity contribution in [2.24, 2.45) is 15.9 Å². The number of rotatable bonds is 3. The van der Waals surface area contributed by atoms with Gasteiger partial charge in [-0.1, -0.05) is 13.8 Å². The molecule has 0 aromatic rings. The Balaban J connectivity index is 4.76. The maximum atomic E-state index is 12.0. The van der Waals surface area contributed by atoms with Crippen LogP contribution < -0.4 is 0 Å². The van der Waals surface area contributed by atoms with Crippen molar-refractivity contribution in [2.45, 2.75) is 26.9 Å². The highest BCUT2D eigenvalue weighted by atomic mass is 19.4. The van der Waals surface area contributed by atoms with Gasteiger partial charge in [-0.25, -0.2) is 0 Å². The molecule has 5 heteroatoms. The van der Waals surface area contributed by atoms with E-state index in [-0.39, 0.29) is 5.92 Å². The van der Waals surface area contributed by atoms with E-state index < -0.39 is 11.9 Å². The Labute approximate surface area is 81.3 Å². The highest BCUT2D eigenvalue weighted by Gasteiger charge is 2.31. The van der Waals surface area contributed by atoms with Crippen molar-refractivity contribution in [3.05, 3.63) is 11.9 Å². The van der Waals surface area contributed by atoms with Crippen LogP contribution in [0.4, 0.5) is 13.2 Å². The minimum atomic E-state index is -4.38. The van der Waals surface area contributed by atoms with Crippen molar-refractivity contribution in [1.82, 2.24) is 0 Å². The van der Waals surface area contributed by atoms with Gasteiger partial charge in [-0.15, -0.1) is 0 Å². The Bertz CT molecular complexity index is 262. The monoisotopic (exact) mass is 206 g/mol. The zero-order valence-electron chi connectivity index (χ0n) is 8.39. The van der Waals surface area contributed by atoms with E-state index in [1.165, 1.54) is 0 Å². The van der Waals surface area contributed by atoms with E-state index in [4.69, 9.17) is 0 Å². The van der Waals surface area contributed by atoms with Crippen LogP contribution in [0.1, 0.15) is 20.8 Å². The molecule has 0 aromatic heterocycles. The molecule has 0 saturated heterocycles. The molecular formula is C9H13F3N2. The summed E-state index contributed by atoms with van der Waals surface area (Å²) in [6.07, 6.45) is -3.28. The van der Waals surface area contributed by atoms with E-state index in [0.29, 0.717) is 5.70 Å². The summed E-state index contributed by atoms with van der Waals surface area (Å²) in [5.41, 5.74) is -0.451. The second kappa shape index (κ2) is 4.93. The molecule has 0 fully saturated rings. The summed E-state index contributed by atoms with van der Waals surface area (Å²) >= 11 is 0. The topological polar surface area (TPSA) is 24.7 Å². The average molecular weight is 206 g/mol. The number of hydrogen-bond acceptors (Lipinski definition) is 2. The Morgan fingerprint density at radius 1 is 1.36 bits per heavy atom. The van der Waals surface area contributed by atoms with E-state index in [1.54, 1.807) is 13.8 Å². The fourth-order valence-electron chi connectivity index (χ4n) is 0.609.